The van der Waals surface area contributed by atoms with Gasteiger partial charge in [-0.15, -0.1) is 0 Å². The summed E-state index contributed by atoms with van der Waals surface area (Å²) in [5.74, 6) is 0.171. The number of carbonyl (C=O) groups excluding carboxylic acids is 1. The molecule has 0 saturated heterocycles. The normalized spacial score (nSPS) is 11.0. The Morgan fingerprint density at radius 2 is 1.93 bits per heavy atom. The van der Waals surface area contributed by atoms with E-state index in [1.165, 1.54) is 4.68 Å². The molecule has 0 atom stereocenters. The summed E-state index contributed by atoms with van der Waals surface area (Å²) in [6, 6.07) is 10.6. The standard InChI is InChI=1S/C22H26N4O3/c1-4-5-13-29-21-16(9-8-12-23-21)14-24-20(27)19-17-10-6-7-11-18(17)22(28)26(25-19)15(2)3/h6-12,15H,4-5,13-14H2,1-3H3,(H,24,27). The molecule has 0 bridgehead atoms. The zero-order chi connectivity index (χ0) is 20.8. The van der Waals surface area contributed by atoms with Crippen molar-refractivity contribution >= 4 is 16.7 Å². The van der Waals surface area contributed by atoms with Gasteiger partial charge in [-0.25, -0.2) is 9.67 Å². The van der Waals surface area contributed by atoms with Crippen LogP contribution in [0.3, 0.4) is 0 Å². The lowest BCUT2D eigenvalue weighted by Gasteiger charge is -2.14. The van der Waals surface area contributed by atoms with Gasteiger partial charge in [-0.3, -0.25) is 9.59 Å². The molecule has 3 rings (SSSR count). The molecule has 2 aromatic heterocycles. The van der Waals surface area contributed by atoms with E-state index in [4.69, 9.17) is 4.74 Å². The lowest BCUT2D eigenvalue weighted by Crippen LogP contribution is -2.31. The van der Waals surface area contributed by atoms with Crippen molar-refractivity contribution in [2.24, 2.45) is 0 Å². The smallest absolute Gasteiger partial charge is 0.274 e. The third-order valence-corrected chi connectivity index (χ3v) is 4.56. The van der Waals surface area contributed by atoms with Crippen LogP contribution in [-0.2, 0) is 6.54 Å². The second-order valence-electron chi connectivity index (χ2n) is 7.09. The van der Waals surface area contributed by atoms with E-state index in [-0.39, 0.29) is 29.7 Å². The van der Waals surface area contributed by atoms with Crippen LogP contribution in [-0.4, -0.2) is 27.3 Å². The number of ether oxygens (including phenoxy) is 1. The number of rotatable bonds is 8. The van der Waals surface area contributed by atoms with Crippen LogP contribution in [0.1, 0.15) is 55.7 Å². The largest absolute Gasteiger partial charge is 0.477 e. The third-order valence-electron chi connectivity index (χ3n) is 4.56. The Bertz CT molecular complexity index is 1060. The van der Waals surface area contributed by atoms with Crippen LogP contribution >= 0.6 is 0 Å². The number of aromatic nitrogens is 3. The maximum absolute atomic E-state index is 12.9. The summed E-state index contributed by atoms with van der Waals surface area (Å²) in [6.45, 7) is 6.66. The molecule has 1 N–H and O–H groups in total. The fourth-order valence-corrected chi connectivity index (χ4v) is 2.99. The second-order valence-corrected chi connectivity index (χ2v) is 7.09. The first kappa shape index (κ1) is 20.5. The monoisotopic (exact) mass is 394 g/mol. The van der Waals surface area contributed by atoms with Gasteiger partial charge < -0.3 is 10.1 Å². The molecule has 0 fully saturated rings. The lowest BCUT2D eigenvalue weighted by atomic mass is 10.1. The molecule has 0 unspecified atom stereocenters. The minimum atomic E-state index is -0.348. The highest BCUT2D eigenvalue weighted by Gasteiger charge is 2.18. The Morgan fingerprint density at radius 1 is 1.17 bits per heavy atom. The molecule has 0 aliphatic heterocycles. The Hall–Kier alpha value is -3.22. The summed E-state index contributed by atoms with van der Waals surface area (Å²) in [5.41, 5.74) is 0.815. The van der Waals surface area contributed by atoms with Crippen molar-refractivity contribution in [2.45, 2.75) is 46.2 Å². The zero-order valence-corrected chi connectivity index (χ0v) is 17.0. The Labute approximate surface area is 169 Å². The third kappa shape index (κ3) is 4.62. The Kier molecular flexibility index (Phi) is 6.59. The van der Waals surface area contributed by atoms with Crippen molar-refractivity contribution in [3.63, 3.8) is 0 Å². The van der Waals surface area contributed by atoms with Gasteiger partial charge in [0.2, 0.25) is 5.88 Å². The molecular formula is C22H26N4O3. The highest BCUT2D eigenvalue weighted by molar-refractivity contribution is 6.04. The van der Waals surface area contributed by atoms with E-state index in [0.717, 1.165) is 18.4 Å². The molecule has 0 spiro atoms. The Balaban J connectivity index is 1.86. The lowest BCUT2D eigenvalue weighted by molar-refractivity contribution is 0.0944. The van der Waals surface area contributed by atoms with E-state index in [1.807, 2.05) is 19.9 Å². The summed E-state index contributed by atoms with van der Waals surface area (Å²) >= 11 is 0. The minimum Gasteiger partial charge on any atom is -0.477 e. The molecular weight excluding hydrogens is 368 g/mol. The number of nitrogens with zero attached hydrogens (tertiary/aromatic N) is 3. The Morgan fingerprint density at radius 3 is 2.66 bits per heavy atom. The van der Waals surface area contributed by atoms with Gasteiger partial charge in [0.05, 0.1) is 18.0 Å². The van der Waals surface area contributed by atoms with Crippen LogP contribution in [0.25, 0.3) is 10.8 Å². The van der Waals surface area contributed by atoms with E-state index in [2.05, 4.69) is 22.3 Å². The first-order valence-electron chi connectivity index (χ1n) is 9.89. The van der Waals surface area contributed by atoms with E-state index < -0.39 is 0 Å². The molecule has 2 heterocycles. The fourth-order valence-electron chi connectivity index (χ4n) is 2.99. The average Bonchev–Trinajstić information content (AvgIpc) is 2.73. The van der Waals surface area contributed by atoms with Gasteiger partial charge in [0.1, 0.15) is 0 Å². The average molecular weight is 394 g/mol. The van der Waals surface area contributed by atoms with Gasteiger partial charge in [-0.2, -0.15) is 5.10 Å². The number of unbranched alkanes of at least 4 members (excludes halogenated alkanes) is 1. The molecule has 0 radical (unpaired) electrons. The SMILES string of the molecule is CCCCOc1ncccc1CNC(=O)c1nn(C(C)C)c(=O)c2ccccc12. The number of hydrogen-bond donors (Lipinski definition) is 1. The number of amides is 1. The quantitative estimate of drug-likeness (QED) is 0.591. The molecule has 7 heteroatoms. The molecule has 7 nitrogen and oxygen atoms in total. The molecule has 1 amide bonds. The topological polar surface area (TPSA) is 86.1 Å². The van der Waals surface area contributed by atoms with Crippen LogP contribution in [0.15, 0.2) is 47.4 Å². The predicted molar refractivity (Wildman–Crippen MR) is 112 cm³/mol. The molecule has 0 saturated carbocycles. The van der Waals surface area contributed by atoms with E-state index in [0.29, 0.717) is 23.3 Å². The molecule has 3 aromatic rings. The van der Waals surface area contributed by atoms with Crippen molar-refractivity contribution in [1.29, 1.82) is 0 Å². The van der Waals surface area contributed by atoms with Crippen molar-refractivity contribution in [2.75, 3.05) is 6.61 Å². The number of benzene rings is 1. The highest BCUT2D eigenvalue weighted by Crippen LogP contribution is 2.17. The molecule has 0 aliphatic carbocycles. The summed E-state index contributed by atoms with van der Waals surface area (Å²) in [4.78, 5) is 29.8. The molecule has 152 valence electrons. The molecule has 29 heavy (non-hydrogen) atoms. The maximum atomic E-state index is 12.9. The summed E-state index contributed by atoms with van der Waals surface area (Å²) < 4.78 is 7.08. The number of fused-ring (bicyclic) bond motifs is 1. The summed E-state index contributed by atoms with van der Waals surface area (Å²) in [7, 11) is 0. The van der Waals surface area contributed by atoms with Gasteiger partial charge in [0.15, 0.2) is 5.69 Å². The van der Waals surface area contributed by atoms with Crippen molar-refractivity contribution in [3.05, 3.63) is 64.2 Å². The second kappa shape index (κ2) is 9.32. The predicted octanol–water partition coefficient (Wildman–Crippen LogP) is 3.48. The van der Waals surface area contributed by atoms with Crippen molar-refractivity contribution < 1.29 is 9.53 Å². The van der Waals surface area contributed by atoms with E-state index >= 15 is 0 Å². The van der Waals surface area contributed by atoms with Crippen LogP contribution < -0.4 is 15.6 Å². The summed E-state index contributed by atoms with van der Waals surface area (Å²) in [5, 5.41) is 8.24. The van der Waals surface area contributed by atoms with E-state index in [1.54, 1.807) is 36.5 Å². The van der Waals surface area contributed by atoms with Crippen LogP contribution in [0.2, 0.25) is 0 Å². The number of pyridine rings is 1. The van der Waals surface area contributed by atoms with Gasteiger partial charge in [0.25, 0.3) is 11.5 Å². The van der Waals surface area contributed by atoms with Gasteiger partial charge in [-0.05, 0) is 32.4 Å². The van der Waals surface area contributed by atoms with Crippen molar-refractivity contribution in [1.82, 2.24) is 20.1 Å². The van der Waals surface area contributed by atoms with Gasteiger partial charge in [0, 0.05) is 23.7 Å². The van der Waals surface area contributed by atoms with E-state index in [9.17, 15) is 9.59 Å². The van der Waals surface area contributed by atoms with Crippen LogP contribution in [0.4, 0.5) is 0 Å². The first-order chi connectivity index (χ1) is 14.0. The zero-order valence-electron chi connectivity index (χ0n) is 17.0. The van der Waals surface area contributed by atoms with Crippen LogP contribution in [0, 0.1) is 0 Å². The minimum absolute atomic E-state index is 0.157. The fraction of sp³-hybridized carbons (Fsp3) is 0.364. The van der Waals surface area contributed by atoms with Gasteiger partial charge >= 0.3 is 0 Å². The number of carbonyl (C=O) groups is 1. The molecule has 0 aliphatic rings. The van der Waals surface area contributed by atoms with Gasteiger partial charge in [-0.1, -0.05) is 37.6 Å². The number of nitrogens with one attached hydrogen (secondary N) is 1. The first-order valence-corrected chi connectivity index (χ1v) is 9.89. The number of hydrogen-bond acceptors (Lipinski definition) is 5. The maximum Gasteiger partial charge on any atom is 0.274 e. The van der Waals surface area contributed by atoms with Crippen LogP contribution in [0.5, 0.6) is 5.88 Å². The summed E-state index contributed by atoms with van der Waals surface area (Å²) in [6.07, 6.45) is 3.64. The highest BCUT2D eigenvalue weighted by atomic mass is 16.5. The van der Waals surface area contributed by atoms with Crippen molar-refractivity contribution in [3.8, 4) is 5.88 Å². The molecule has 1 aromatic carbocycles.